The number of rotatable bonds is 5. The summed E-state index contributed by atoms with van der Waals surface area (Å²) in [5.74, 6) is 1.34. The van der Waals surface area contributed by atoms with E-state index in [1.54, 1.807) is 0 Å². The third-order valence-electron chi connectivity index (χ3n) is 3.53. The first-order valence-electron chi connectivity index (χ1n) is 7.07. The summed E-state index contributed by atoms with van der Waals surface area (Å²) in [6.45, 7) is 5.58. The van der Waals surface area contributed by atoms with Crippen LogP contribution >= 0.6 is 11.6 Å². The summed E-state index contributed by atoms with van der Waals surface area (Å²) in [4.78, 5) is 14.5. The second kappa shape index (κ2) is 6.74. The zero-order chi connectivity index (χ0) is 15.5. The number of anilines is 2. The van der Waals surface area contributed by atoms with Crippen LogP contribution in [-0.2, 0) is 9.84 Å². The van der Waals surface area contributed by atoms with Gasteiger partial charge in [-0.3, -0.25) is 0 Å². The Morgan fingerprint density at radius 3 is 2.38 bits per heavy atom. The van der Waals surface area contributed by atoms with E-state index in [4.69, 9.17) is 11.6 Å². The largest absolute Gasteiger partial charge is 0.351 e. The predicted octanol–water partition coefficient (Wildman–Crippen LogP) is 1.36. The maximum absolute atomic E-state index is 11.4. The third-order valence-corrected chi connectivity index (χ3v) is 5.41. The molecular weight excluding hydrogens is 314 g/mol. The summed E-state index contributed by atoms with van der Waals surface area (Å²) in [6, 6.07) is 0.0524. The van der Waals surface area contributed by atoms with Gasteiger partial charge in [-0.1, -0.05) is 0 Å². The molecule has 0 aromatic carbocycles. The highest BCUT2D eigenvalue weighted by Crippen LogP contribution is 2.18. The molecule has 1 aromatic heterocycles. The summed E-state index contributed by atoms with van der Waals surface area (Å²) < 4.78 is 22.9. The standard InChI is InChI=1S/C12H20ClN5O2S/c1-3-18(4-2)12-16-10(13)15-11(17-12)14-9-5-7-21(19,20)8-6-9/h9H,3-8H2,1-2H3,(H,14,15,16,17). The fraction of sp³-hybridized carbons (Fsp3) is 0.750. The lowest BCUT2D eigenvalue weighted by atomic mass is 10.2. The number of sulfone groups is 1. The first-order chi connectivity index (χ1) is 9.93. The molecule has 0 radical (unpaired) electrons. The summed E-state index contributed by atoms with van der Waals surface area (Å²) in [6.07, 6.45) is 1.12. The lowest BCUT2D eigenvalue weighted by Gasteiger charge is -2.24. The van der Waals surface area contributed by atoms with Gasteiger partial charge in [0.1, 0.15) is 9.84 Å². The Labute approximate surface area is 130 Å². The van der Waals surface area contributed by atoms with Crippen molar-refractivity contribution in [2.75, 3.05) is 34.8 Å². The fourth-order valence-corrected chi connectivity index (χ4v) is 3.92. The van der Waals surface area contributed by atoms with Crippen LogP contribution < -0.4 is 10.2 Å². The Balaban J connectivity index is 2.10. The van der Waals surface area contributed by atoms with Gasteiger partial charge in [-0.2, -0.15) is 15.0 Å². The molecule has 2 rings (SSSR count). The molecule has 1 fully saturated rings. The average molecular weight is 334 g/mol. The molecule has 1 aromatic rings. The number of nitrogens with one attached hydrogen (secondary N) is 1. The molecule has 0 amide bonds. The minimum atomic E-state index is -2.87. The van der Waals surface area contributed by atoms with Crippen molar-refractivity contribution in [2.24, 2.45) is 0 Å². The van der Waals surface area contributed by atoms with Crippen molar-refractivity contribution >= 4 is 33.3 Å². The van der Waals surface area contributed by atoms with Crippen molar-refractivity contribution in [1.29, 1.82) is 0 Å². The maximum atomic E-state index is 11.4. The molecule has 1 N–H and O–H groups in total. The number of hydrogen-bond acceptors (Lipinski definition) is 7. The Kier molecular flexibility index (Phi) is 5.21. The summed E-state index contributed by atoms with van der Waals surface area (Å²) in [5.41, 5.74) is 0. The Morgan fingerprint density at radius 1 is 1.19 bits per heavy atom. The second-order valence-corrected chi connectivity index (χ2v) is 7.61. The van der Waals surface area contributed by atoms with Crippen LogP contribution in [0, 0.1) is 0 Å². The van der Waals surface area contributed by atoms with Crippen LogP contribution in [0.4, 0.5) is 11.9 Å². The molecule has 9 heteroatoms. The van der Waals surface area contributed by atoms with Crippen LogP contribution in [0.2, 0.25) is 5.28 Å². The van der Waals surface area contributed by atoms with Crippen LogP contribution in [0.25, 0.3) is 0 Å². The number of halogens is 1. The zero-order valence-corrected chi connectivity index (χ0v) is 13.8. The van der Waals surface area contributed by atoms with Crippen molar-refractivity contribution in [3.63, 3.8) is 0 Å². The van der Waals surface area contributed by atoms with E-state index in [1.165, 1.54) is 0 Å². The van der Waals surface area contributed by atoms with Crippen LogP contribution in [0.15, 0.2) is 0 Å². The Bertz CT molecular complexity index is 577. The second-order valence-electron chi connectivity index (χ2n) is 4.97. The molecule has 0 saturated carbocycles. The molecule has 118 valence electrons. The van der Waals surface area contributed by atoms with Gasteiger partial charge in [0.25, 0.3) is 0 Å². The lowest BCUT2D eigenvalue weighted by molar-refractivity contribution is 0.558. The van der Waals surface area contributed by atoms with Gasteiger partial charge in [-0.05, 0) is 38.3 Å². The number of hydrogen-bond donors (Lipinski definition) is 1. The molecule has 7 nitrogen and oxygen atoms in total. The van der Waals surface area contributed by atoms with E-state index in [1.807, 2.05) is 18.7 Å². The van der Waals surface area contributed by atoms with Gasteiger partial charge in [-0.25, -0.2) is 8.42 Å². The molecule has 0 aliphatic carbocycles. The number of aromatic nitrogens is 3. The third kappa shape index (κ3) is 4.41. The van der Waals surface area contributed by atoms with E-state index in [0.717, 1.165) is 13.1 Å². The minimum Gasteiger partial charge on any atom is -0.351 e. The molecule has 21 heavy (non-hydrogen) atoms. The topological polar surface area (TPSA) is 88.1 Å². The summed E-state index contributed by atoms with van der Waals surface area (Å²) in [7, 11) is -2.87. The van der Waals surface area contributed by atoms with E-state index in [-0.39, 0.29) is 22.8 Å². The van der Waals surface area contributed by atoms with Crippen LogP contribution in [0.3, 0.4) is 0 Å². The monoisotopic (exact) mass is 333 g/mol. The van der Waals surface area contributed by atoms with Gasteiger partial charge in [0.2, 0.25) is 17.2 Å². The molecule has 0 spiro atoms. The van der Waals surface area contributed by atoms with Gasteiger partial charge in [0.05, 0.1) is 11.5 Å². The highest BCUT2D eigenvalue weighted by molar-refractivity contribution is 7.91. The van der Waals surface area contributed by atoms with Crippen molar-refractivity contribution in [3.05, 3.63) is 5.28 Å². The molecule has 1 aliphatic rings. The van der Waals surface area contributed by atoms with E-state index < -0.39 is 9.84 Å². The Hall–Kier alpha value is -1.15. The van der Waals surface area contributed by atoms with Gasteiger partial charge >= 0.3 is 0 Å². The lowest BCUT2D eigenvalue weighted by Crippen LogP contribution is -2.33. The molecular formula is C12H20ClN5O2S. The smallest absolute Gasteiger partial charge is 0.231 e. The molecule has 1 aliphatic heterocycles. The van der Waals surface area contributed by atoms with E-state index in [9.17, 15) is 8.42 Å². The molecule has 1 saturated heterocycles. The van der Waals surface area contributed by atoms with Crippen molar-refractivity contribution in [1.82, 2.24) is 15.0 Å². The fourth-order valence-electron chi connectivity index (χ4n) is 2.27. The SMILES string of the molecule is CCN(CC)c1nc(Cl)nc(NC2CCS(=O)(=O)CC2)n1. The number of nitrogens with zero attached hydrogens (tertiary/aromatic N) is 4. The van der Waals surface area contributed by atoms with Crippen molar-refractivity contribution in [3.8, 4) is 0 Å². The van der Waals surface area contributed by atoms with Crippen LogP contribution in [-0.4, -0.2) is 54.0 Å². The predicted molar refractivity (Wildman–Crippen MR) is 83.7 cm³/mol. The average Bonchev–Trinajstić information content (AvgIpc) is 2.42. The molecule has 0 bridgehead atoms. The van der Waals surface area contributed by atoms with Gasteiger partial charge in [0, 0.05) is 19.1 Å². The molecule has 2 heterocycles. The van der Waals surface area contributed by atoms with Crippen molar-refractivity contribution < 1.29 is 8.42 Å². The maximum Gasteiger partial charge on any atom is 0.231 e. The molecule has 0 atom stereocenters. The first kappa shape index (κ1) is 16.2. The van der Waals surface area contributed by atoms with Crippen molar-refractivity contribution in [2.45, 2.75) is 32.7 Å². The van der Waals surface area contributed by atoms with E-state index >= 15 is 0 Å². The highest BCUT2D eigenvalue weighted by Gasteiger charge is 2.24. The zero-order valence-electron chi connectivity index (χ0n) is 12.2. The first-order valence-corrected chi connectivity index (χ1v) is 9.27. The van der Waals surface area contributed by atoms with Gasteiger partial charge in [-0.15, -0.1) is 0 Å². The van der Waals surface area contributed by atoms with E-state index in [0.29, 0.717) is 24.7 Å². The van der Waals surface area contributed by atoms with Crippen LogP contribution in [0.5, 0.6) is 0 Å². The van der Waals surface area contributed by atoms with Gasteiger partial charge in [0.15, 0.2) is 0 Å². The minimum absolute atomic E-state index is 0.0524. The normalized spacial score (nSPS) is 18.4. The summed E-state index contributed by atoms with van der Waals surface area (Å²) >= 11 is 5.95. The quantitative estimate of drug-likeness (QED) is 0.870. The van der Waals surface area contributed by atoms with Crippen LogP contribution in [0.1, 0.15) is 26.7 Å². The Morgan fingerprint density at radius 2 is 1.81 bits per heavy atom. The van der Waals surface area contributed by atoms with Gasteiger partial charge < -0.3 is 10.2 Å². The summed E-state index contributed by atoms with van der Waals surface area (Å²) in [5, 5.41) is 3.30. The highest BCUT2D eigenvalue weighted by atomic mass is 35.5. The molecule has 0 unspecified atom stereocenters. The van der Waals surface area contributed by atoms with E-state index in [2.05, 4.69) is 20.3 Å².